The summed E-state index contributed by atoms with van der Waals surface area (Å²) >= 11 is 0. The van der Waals surface area contributed by atoms with Gasteiger partial charge in [-0.05, 0) is 13.0 Å². The first-order chi connectivity index (χ1) is 12.1. The highest BCUT2D eigenvalue weighted by Crippen LogP contribution is 2.19. The van der Waals surface area contributed by atoms with E-state index in [1.165, 1.54) is 10.9 Å². The third kappa shape index (κ3) is 3.71. The first-order valence-electron chi connectivity index (χ1n) is 7.47. The standard InChI is InChI=1S/C16H16N6O3/c1-11-7-15(17-8-12-5-3-4-6-14(12)25-2)20-16(19-11)21-10-13(9-18-21)22(23)24/h3-7,9-10H,8H2,1-2H3,(H,17,19,20). The molecule has 3 rings (SSSR count). The smallest absolute Gasteiger partial charge is 0.307 e. The molecule has 0 bridgehead atoms. The van der Waals surface area contributed by atoms with Gasteiger partial charge in [-0.25, -0.2) is 4.98 Å². The van der Waals surface area contributed by atoms with Gasteiger partial charge in [-0.3, -0.25) is 10.1 Å². The van der Waals surface area contributed by atoms with E-state index in [9.17, 15) is 10.1 Å². The van der Waals surface area contributed by atoms with Crippen LogP contribution < -0.4 is 10.1 Å². The minimum Gasteiger partial charge on any atom is -0.496 e. The van der Waals surface area contributed by atoms with E-state index in [0.29, 0.717) is 18.1 Å². The molecule has 2 heterocycles. The molecule has 0 saturated carbocycles. The van der Waals surface area contributed by atoms with Gasteiger partial charge in [-0.2, -0.15) is 14.8 Å². The fourth-order valence-corrected chi connectivity index (χ4v) is 2.30. The van der Waals surface area contributed by atoms with Gasteiger partial charge in [-0.15, -0.1) is 0 Å². The van der Waals surface area contributed by atoms with E-state index in [1.54, 1.807) is 13.2 Å². The summed E-state index contributed by atoms with van der Waals surface area (Å²) in [6.07, 6.45) is 2.44. The highest BCUT2D eigenvalue weighted by Gasteiger charge is 2.12. The summed E-state index contributed by atoms with van der Waals surface area (Å²) in [5.41, 5.74) is 1.58. The summed E-state index contributed by atoms with van der Waals surface area (Å²) in [5.74, 6) is 1.63. The Hall–Kier alpha value is -3.49. The maximum absolute atomic E-state index is 10.8. The molecule has 9 nitrogen and oxygen atoms in total. The molecule has 2 aromatic heterocycles. The van der Waals surface area contributed by atoms with Crippen LogP contribution in [0.3, 0.4) is 0 Å². The van der Waals surface area contributed by atoms with Gasteiger partial charge in [0.25, 0.3) is 5.95 Å². The number of hydrogen-bond acceptors (Lipinski definition) is 7. The van der Waals surface area contributed by atoms with Crippen LogP contribution in [-0.4, -0.2) is 31.8 Å². The average Bonchev–Trinajstić information content (AvgIpc) is 3.10. The summed E-state index contributed by atoms with van der Waals surface area (Å²) in [6, 6.07) is 9.46. The lowest BCUT2D eigenvalue weighted by Gasteiger charge is -2.11. The Labute approximate surface area is 143 Å². The Morgan fingerprint density at radius 3 is 2.84 bits per heavy atom. The van der Waals surface area contributed by atoms with Crippen LogP contribution in [0, 0.1) is 17.0 Å². The quantitative estimate of drug-likeness (QED) is 0.542. The van der Waals surface area contributed by atoms with E-state index in [1.807, 2.05) is 31.2 Å². The van der Waals surface area contributed by atoms with E-state index >= 15 is 0 Å². The Morgan fingerprint density at radius 2 is 2.12 bits per heavy atom. The SMILES string of the molecule is COc1ccccc1CNc1cc(C)nc(-n2cc([N+](=O)[O-])cn2)n1. The number of benzene rings is 1. The molecule has 0 amide bonds. The largest absolute Gasteiger partial charge is 0.496 e. The lowest BCUT2D eigenvalue weighted by atomic mass is 10.2. The average molecular weight is 340 g/mol. The van der Waals surface area contributed by atoms with E-state index in [-0.39, 0.29) is 11.6 Å². The summed E-state index contributed by atoms with van der Waals surface area (Å²) in [5, 5.41) is 17.9. The monoisotopic (exact) mass is 340 g/mol. The van der Waals surface area contributed by atoms with E-state index in [2.05, 4.69) is 20.4 Å². The number of rotatable bonds is 6. The lowest BCUT2D eigenvalue weighted by molar-refractivity contribution is -0.384. The number of anilines is 1. The fraction of sp³-hybridized carbons (Fsp3) is 0.188. The van der Waals surface area contributed by atoms with Crippen molar-refractivity contribution in [2.75, 3.05) is 12.4 Å². The maximum atomic E-state index is 10.8. The van der Waals surface area contributed by atoms with Crippen molar-refractivity contribution in [3.63, 3.8) is 0 Å². The molecule has 1 N–H and O–H groups in total. The molecule has 9 heteroatoms. The van der Waals surface area contributed by atoms with E-state index < -0.39 is 4.92 Å². The van der Waals surface area contributed by atoms with Gasteiger partial charge in [0, 0.05) is 23.9 Å². The van der Waals surface area contributed by atoms with Crippen molar-refractivity contribution >= 4 is 11.5 Å². The van der Waals surface area contributed by atoms with Crippen LogP contribution in [0.1, 0.15) is 11.3 Å². The first kappa shape index (κ1) is 16.4. The molecule has 0 aliphatic carbocycles. The zero-order valence-corrected chi connectivity index (χ0v) is 13.7. The Bertz CT molecular complexity index is 908. The van der Waals surface area contributed by atoms with Gasteiger partial charge in [-0.1, -0.05) is 18.2 Å². The van der Waals surface area contributed by atoms with Crippen LogP contribution in [-0.2, 0) is 6.54 Å². The third-order valence-electron chi connectivity index (χ3n) is 3.48. The topological polar surface area (TPSA) is 108 Å². The lowest BCUT2D eigenvalue weighted by Crippen LogP contribution is -2.08. The van der Waals surface area contributed by atoms with Gasteiger partial charge in [0.2, 0.25) is 0 Å². The number of nitro groups is 1. The van der Waals surface area contributed by atoms with E-state index in [4.69, 9.17) is 4.74 Å². The van der Waals surface area contributed by atoms with Crippen LogP contribution in [0.15, 0.2) is 42.7 Å². The first-order valence-corrected chi connectivity index (χ1v) is 7.47. The van der Waals surface area contributed by atoms with Crippen LogP contribution in [0.5, 0.6) is 5.75 Å². The molecule has 0 fully saturated rings. The maximum Gasteiger partial charge on any atom is 0.307 e. The van der Waals surface area contributed by atoms with Crippen LogP contribution in [0.2, 0.25) is 0 Å². The van der Waals surface area contributed by atoms with Crippen molar-refractivity contribution in [1.29, 1.82) is 0 Å². The summed E-state index contributed by atoms with van der Waals surface area (Å²) in [6.45, 7) is 2.33. The fourth-order valence-electron chi connectivity index (χ4n) is 2.30. The van der Waals surface area contributed by atoms with Gasteiger partial charge in [0.15, 0.2) is 0 Å². The number of nitrogens with zero attached hydrogens (tertiary/aromatic N) is 5. The molecular formula is C16H16N6O3. The predicted octanol–water partition coefficient (Wildman–Crippen LogP) is 2.50. The number of para-hydroxylation sites is 1. The second kappa shape index (κ2) is 6.95. The third-order valence-corrected chi connectivity index (χ3v) is 3.48. The molecule has 0 aliphatic rings. The molecule has 0 radical (unpaired) electrons. The Kier molecular flexibility index (Phi) is 4.55. The number of nitrogens with one attached hydrogen (secondary N) is 1. The molecular weight excluding hydrogens is 324 g/mol. The van der Waals surface area contributed by atoms with E-state index in [0.717, 1.165) is 17.5 Å². The molecule has 0 aliphatic heterocycles. The summed E-state index contributed by atoms with van der Waals surface area (Å²) in [4.78, 5) is 18.9. The zero-order valence-electron chi connectivity index (χ0n) is 13.7. The molecule has 25 heavy (non-hydrogen) atoms. The molecule has 0 spiro atoms. The molecule has 0 unspecified atom stereocenters. The van der Waals surface area contributed by atoms with Crippen LogP contribution in [0.4, 0.5) is 11.5 Å². The van der Waals surface area contributed by atoms with Gasteiger partial charge < -0.3 is 10.1 Å². The van der Waals surface area contributed by atoms with Crippen molar-refractivity contribution in [2.24, 2.45) is 0 Å². The second-order valence-corrected chi connectivity index (χ2v) is 5.26. The Balaban J connectivity index is 1.82. The second-order valence-electron chi connectivity index (χ2n) is 5.26. The predicted molar refractivity (Wildman–Crippen MR) is 90.9 cm³/mol. The van der Waals surface area contributed by atoms with Crippen LogP contribution >= 0.6 is 0 Å². The summed E-state index contributed by atoms with van der Waals surface area (Å²) < 4.78 is 6.60. The molecule has 1 aromatic carbocycles. The van der Waals surface area contributed by atoms with Crippen LogP contribution in [0.25, 0.3) is 5.95 Å². The van der Waals surface area contributed by atoms with Gasteiger partial charge in [0.05, 0.1) is 12.0 Å². The number of aryl methyl sites for hydroxylation is 1. The molecule has 128 valence electrons. The molecule has 0 atom stereocenters. The number of methoxy groups -OCH3 is 1. The molecule has 0 saturated heterocycles. The normalized spacial score (nSPS) is 10.5. The van der Waals surface area contributed by atoms with Crippen molar-refractivity contribution in [3.05, 3.63) is 64.1 Å². The van der Waals surface area contributed by atoms with Crippen molar-refractivity contribution < 1.29 is 9.66 Å². The summed E-state index contributed by atoms with van der Waals surface area (Å²) in [7, 11) is 1.62. The highest BCUT2D eigenvalue weighted by molar-refractivity contribution is 5.42. The van der Waals surface area contributed by atoms with Crippen molar-refractivity contribution in [2.45, 2.75) is 13.5 Å². The van der Waals surface area contributed by atoms with Gasteiger partial charge in [0.1, 0.15) is 24.0 Å². The number of hydrogen-bond donors (Lipinski definition) is 1. The minimum absolute atomic E-state index is 0.117. The van der Waals surface area contributed by atoms with Gasteiger partial charge >= 0.3 is 5.69 Å². The Morgan fingerprint density at radius 1 is 1.32 bits per heavy atom. The van der Waals surface area contributed by atoms with Crippen molar-refractivity contribution in [1.82, 2.24) is 19.7 Å². The highest BCUT2D eigenvalue weighted by atomic mass is 16.6. The molecule has 3 aromatic rings. The number of ether oxygens (including phenoxy) is 1. The minimum atomic E-state index is -0.514. The van der Waals surface area contributed by atoms with Crippen molar-refractivity contribution in [3.8, 4) is 11.7 Å². The number of aromatic nitrogens is 4. The zero-order chi connectivity index (χ0) is 17.8.